The van der Waals surface area contributed by atoms with Crippen molar-refractivity contribution in [1.82, 2.24) is 9.97 Å². The van der Waals surface area contributed by atoms with Crippen LogP contribution in [0.3, 0.4) is 0 Å². The molecule has 0 spiro atoms. The van der Waals surface area contributed by atoms with E-state index in [0.29, 0.717) is 28.1 Å². The van der Waals surface area contributed by atoms with Crippen LogP contribution in [0.5, 0.6) is 11.6 Å². The number of rotatable bonds is 6. The fourth-order valence-electron chi connectivity index (χ4n) is 2.36. The average molecular weight is 372 g/mol. The molecular formula is C20H18F2N2OS. The van der Waals surface area contributed by atoms with Crippen LogP contribution >= 0.6 is 11.8 Å². The molecular weight excluding hydrogens is 354 g/mol. The fraction of sp³-hybridized carbons (Fsp3) is 0.200. The minimum Gasteiger partial charge on any atom is -0.439 e. The highest BCUT2D eigenvalue weighted by Crippen LogP contribution is 2.26. The summed E-state index contributed by atoms with van der Waals surface area (Å²) in [5.74, 6) is 0.294. The van der Waals surface area contributed by atoms with Crippen LogP contribution in [0.15, 0.2) is 53.7 Å². The number of halogens is 2. The van der Waals surface area contributed by atoms with Crippen LogP contribution in [0, 0.1) is 18.6 Å². The van der Waals surface area contributed by atoms with E-state index >= 15 is 0 Å². The van der Waals surface area contributed by atoms with Gasteiger partial charge in [0.05, 0.1) is 0 Å². The zero-order valence-electron chi connectivity index (χ0n) is 14.5. The largest absolute Gasteiger partial charge is 0.439 e. The molecule has 0 aliphatic rings. The monoisotopic (exact) mass is 372 g/mol. The van der Waals surface area contributed by atoms with Gasteiger partial charge in [-0.05, 0) is 42.7 Å². The summed E-state index contributed by atoms with van der Waals surface area (Å²) < 4.78 is 32.6. The highest BCUT2D eigenvalue weighted by Gasteiger charge is 2.09. The van der Waals surface area contributed by atoms with E-state index in [9.17, 15) is 8.78 Å². The molecule has 0 atom stereocenters. The van der Waals surface area contributed by atoms with Crippen LogP contribution in [-0.4, -0.2) is 9.97 Å². The highest BCUT2D eigenvalue weighted by molar-refractivity contribution is 7.98. The molecule has 0 amide bonds. The van der Waals surface area contributed by atoms with Crippen molar-refractivity contribution in [3.8, 4) is 11.6 Å². The summed E-state index contributed by atoms with van der Waals surface area (Å²) in [6.45, 7) is 3.93. The Labute approximate surface area is 155 Å². The Hall–Kier alpha value is -2.47. The Morgan fingerprint density at radius 2 is 1.88 bits per heavy atom. The minimum atomic E-state index is -0.590. The van der Waals surface area contributed by atoms with Gasteiger partial charge in [0.1, 0.15) is 17.4 Å². The molecule has 3 aromatic rings. The normalized spacial score (nSPS) is 10.8. The second-order valence-corrected chi connectivity index (χ2v) is 6.70. The van der Waals surface area contributed by atoms with E-state index < -0.39 is 11.6 Å². The molecule has 0 aliphatic carbocycles. The van der Waals surface area contributed by atoms with Gasteiger partial charge >= 0.3 is 0 Å². The molecule has 3 rings (SSSR count). The van der Waals surface area contributed by atoms with Crippen LogP contribution < -0.4 is 4.74 Å². The Kier molecular flexibility index (Phi) is 5.83. The second-order valence-electron chi connectivity index (χ2n) is 5.76. The lowest BCUT2D eigenvalue weighted by Gasteiger charge is -2.09. The molecule has 134 valence electrons. The van der Waals surface area contributed by atoms with E-state index in [4.69, 9.17) is 4.74 Å². The van der Waals surface area contributed by atoms with E-state index in [-0.39, 0.29) is 0 Å². The smallest absolute Gasteiger partial charge is 0.223 e. The quantitative estimate of drug-likeness (QED) is 0.410. The molecule has 0 unspecified atom stereocenters. The maximum atomic E-state index is 13.8. The third kappa shape index (κ3) is 4.79. The Balaban J connectivity index is 1.74. The molecule has 0 saturated carbocycles. The highest BCUT2D eigenvalue weighted by atomic mass is 32.2. The summed E-state index contributed by atoms with van der Waals surface area (Å²) in [5.41, 5.74) is 2.33. The first-order chi connectivity index (χ1) is 12.5. The van der Waals surface area contributed by atoms with Crippen molar-refractivity contribution >= 4 is 11.8 Å². The fourth-order valence-corrected chi connectivity index (χ4v) is 3.24. The number of hydrogen-bond acceptors (Lipinski definition) is 4. The first-order valence-electron chi connectivity index (χ1n) is 8.22. The summed E-state index contributed by atoms with van der Waals surface area (Å²) in [7, 11) is 0. The van der Waals surface area contributed by atoms with Gasteiger partial charge in [-0.15, -0.1) is 0 Å². The van der Waals surface area contributed by atoms with Gasteiger partial charge in [0.15, 0.2) is 5.16 Å². The lowest BCUT2D eigenvalue weighted by molar-refractivity contribution is 0.454. The van der Waals surface area contributed by atoms with Crippen LogP contribution in [0.25, 0.3) is 0 Å². The number of nitrogens with zero attached hydrogens (tertiary/aromatic N) is 2. The molecule has 0 aliphatic heterocycles. The van der Waals surface area contributed by atoms with Crippen LogP contribution in [0.4, 0.5) is 8.78 Å². The van der Waals surface area contributed by atoms with Gasteiger partial charge in [0.2, 0.25) is 5.88 Å². The zero-order valence-corrected chi connectivity index (χ0v) is 15.3. The molecule has 0 saturated heterocycles. The molecule has 1 aromatic heterocycles. The van der Waals surface area contributed by atoms with Crippen LogP contribution in [0.1, 0.15) is 23.7 Å². The second kappa shape index (κ2) is 8.27. The Morgan fingerprint density at radius 1 is 1.04 bits per heavy atom. The van der Waals surface area contributed by atoms with Crippen molar-refractivity contribution < 1.29 is 13.5 Å². The summed E-state index contributed by atoms with van der Waals surface area (Å²) >= 11 is 1.28. The van der Waals surface area contributed by atoms with Crippen molar-refractivity contribution in [3.05, 3.63) is 77.0 Å². The Bertz CT molecular complexity index is 918. The lowest BCUT2D eigenvalue weighted by atomic mass is 10.2. The number of benzene rings is 2. The summed E-state index contributed by atoms with van der Waals surface area (Å²) in [4.78, 5) is 8.73. The topological polar surface area (TPSA) is 35.0 Å². The number of thioether (sulfide) groups is 1. The van der Waals surface area contributed by atoms with E-state index in [1.54, 1.807) is 6.07 Å². The molecule has 0 bridgehead atoms. The van der Waals surface area contributed by atoms with Gasteiger partial charge in [-0.3, -0.25) is 0 Å². The van der Waals surface area contributed by atoms with Gasteiger partial charge in [-0.25, -0.2) is 13.8 Å². The van der Waals surface area contributed by atoms with Crippen molar-refractivity contribution in [2.24, 2.45) is 0 Å². The molecule has 2 aromatic carbocycles. The first-order valence-corrected chi connectivity index (χ1v) is 9.21. The SMILES string of the molecule is CCc1cccc(Oc2cc(C)nc(SCc3ccc(F)cc3F)n2)c1. The van der Waals surface area contributed by atoms with Crippen LogP contribution in [-0.2, 0) is 12.2 Å². The molecule has 26 heavy (non-hydrogen) atoms. The molecule has 0 N–H and O–H groups in total. The average Bonchev–Trinajstić information content (AvgIpc) is 2.60. The molecule has 6 heteroatoms. The predicted octanol–water partition coefficient (Wildman–Crippen LogP) is 5.71. The van der Waals surface area contributed by atoms with Crippen molar-refractivity contribution in [3.63, 3.8) is 0 Å². The van der Waals surface area contributed by atoms with Gasteiger partial charge in [-0.1, -0.05) is 36.9 Å². The van der Waals surface area contributed by atoms with Gasteiger partial charge in [-0.2, -0.15) is 4.98 Å². The summed E-state index contributed by atoms with van der Waals surface area (Å²) in [5, 5.41) is 0.482. The number of aryl methyl sites for hydroxylation is 2. The summed E-state index contributed by atoms with van der Waals surface area (Å²) in [6.07, 6.45) is 0.921. The molecule has 3 nitrogen and oxygen atoms in total. The standard InChI is InChI=1S/C20H18F2N2OS/c1-3-14-5-4-6-17(10-14)25-19-9-13(2)23-20(24-19)26-12-15-7-8-16(21)11-18(15)22/h4-11H,3,12H2,1-2H3. The van der Waals surface area contributed by atoms with Gasteiger partial charge in [0.25, 0.3) is 0 Å². The molecule has 0 fully saturated rings. The lowest BCUT2D eigenvalue weighted by Crippen LogP contribution is -1.96. The van der Waals surface area contributed by atoms with Gasteiger partial charge < -0.3 is 4.74 Å². The summed E-state index contributed by atoms with van der Waals surface area (Å²) in [6, 6.07) is 13.1. The van der Waals surface area contributed by atoms with E-state index in [0.717, 1.165) is 18.2 Å². The zero-order chi connectivity index (χ0) is 18.5. The number of aromatic nitrogens is 2. The molecule has 0 radical (unpaired) electrons. The first kappa shape index (κ1) is 18.3. The van der Waals surface area contributed by atoms with Crippen molar-refractivity contribution in [1.29, 1.82) is 0 Å². The van der Waals surface area contributed by atoms with E-state index in [2.05, 4.69) is 16.9 Å². The molecule has 1 heterocycles. The minimum absolute atomic E-state index is 0.306. The van der Waals surface area contributed by atoms with Crippen molar-refractivity contribution in [2.75, 3.05) is 0 Å². The third-order valence-corrected chi connectivity index (χ3v) is 4.61. The van der Waals surface area contributed by atoms with Crippen LogP contribution in [0.2, 0.25) is 0 Å². The van der Waals surface area contributed by atoms with E-state index in [1.165, 1.54) is 29.5 Å². The Morgan fingerprint density at radius 3 is 2.65 bits per heavy atom. The van der Waals surface area contributed by atoms with Crippen molar-refractivity contribution in [2.45, 2.75) is 31.2 Å². The number of ether oxygens (including phenoxy) is 1. The third-order valence-electron chi connectivity index (χ3n) is 3.71. The number of hydrogen-bond donors (Lipinski definition) is 0. The van der Waals surface area contributed by atoms with Gasteiger partial charge in [0, 0.05) is 23.6 Å². The predicted molar refractivity (Wildman–Crippen MR) is 98.6 cm³/mol. The maximum absolute atomic E-state index is 13.8. The maximum Gasteiger partial charge on any atom is 0.223 e. The van der Waals surface area contributed by atoms with E-state index in [1.807, 2.05) is 31.2 Å².